The Balaban J connectivity index is 1.55. The molecule has 1 N–H and O–H groups in total. The lowest BCUT2D eigenvalue weighted by molar-refractivity contribution is -0.139. The quantitative estimate of drug-likeness (QED) is 0.771. The molecule has 0 aliphatic carbocycles. The van der Waals surface area contributed by atoms with E-state index in [9.17, 15) is 23.1 Å². The van der Waals surface area contributed by atoms with E-state index >= 15 is 0 Å². The number of nitrogens with zero attached hydrogens (tertiary/aromatic N) is 1. The maximum Gasteiger partial charge on any atom is 0.410 e. The minimum absolute atomic E-state index is 0.0838. The second-order valence-electron chi connectivity index (χ2n) is 7.72. The van der Waals surface area contributed by atoms with Crippen molar-refractivity contribution >= 4 is 6.09 Å². The topological polar surface area (TPSA) is 68.2 Å². The number of morpholine rings is 1. The van der Waals surface area contributed by atoms with Gasteiger partial charge in [0.2, 0.25) is 0 Å². The number of benzene rings is 2. The van der Waals surface area contributed by atoms with E-state index in [4.69, 9.17) is 9.47 Å². The molecule has 31 heavy (non-hydrogen) atoms. The van der Waals surface area contributed by atoms with E-state index < -0.39 is 42.0 Å². The van der Waals surface area contributed by atoms with E-state index in [1.165, 1.54) is 17.0 Å². The molecule has 2 unspecified atom stereocenters. The number of ether oxygens (including phenoxy) is 3. The molecule has 6 nitrogen and oxygen atoms in total. The van der Waals surface area contributed by atoms with Crippen LogP contribution >= 0.6 is 0 Å². The van der Waals surface area contributed by atoms with Crippen LogP contribution in [0.4, 0.5) is 18.0 Å². The molecule has 2 aromatic rings. The summed E-state index contributed by atoms with van der Waals surface area (Å²) in [6.07, 6.45) is -0.781. The van der Waals surface area contributed by atoms with Crippen LogP contribution in [-0.4, -0.2) is 48.0 Å². The number of hydrogen-bond donors (Lipinski definition) is 1. The second kappa shape index (κ2) is 8.76. The summed E-state index contributed by atoms with van der Waals surface area (Å²) in [7, 11) is 0. The summed E-state index contributed by atoms with van der Waals surface area (Å²) in [5.74, 6) is -1.27. The van der Waals surface area contributed by atoms with E-state index in [2.05, 4.69) is 4.74 Å². The molecule has 166 valence electrons. The number of rotatable bonds is 5. The molecular weight excluding hydrogens is 415 g/mol. The average molecular weight is 437 g/mol. The van der Waals surface area contributed by atoms with Gasteiger partial charge >= 0.3 is 12.7 Å². The maximum absolute atomic E-state index is 14.6. The third kappa shape index (κ3) is 4.47. The Bertz CT molecular complexity index is 913. The van der Waals surface area contributed by atoms with Gasteiger partial charge in [0.1, 0.15) is 23.8 Å². The molecule has 0 saturated carbocycles. The van der Waals surface area contributed by atoms with Gasteiger partial charge in [-0.05, 0) is 17.7 Å². The van der Waals surface area contributed by atoms with Gasteiger partial charge in [-0.2, -0.15) is 8.78 Å². The van der Waals surface area contributed by atoms with Crippen LogP contribution in [0.15, 0.2) is 48.5 Å². The smallest absolute Gasteiger partial charge is 0.410 e. The number of hydrogen-bond acceptors (Lipinski definition) is 5. The Morgan fingerprint density at radius 2 is 1.81 bits per heavy atom. The van der Waals surface area contributed by atoms with Crippen LogP contribution in [0.2, 0.25) is 0 Å². The van der Waals surface area contributed by atoms with Crippen molar-refractivity contribution in [2.45, 2.75) is 43.7 Å². The summed E-state index contributed by atoms with van der Waals surface area (Å²) in [6, 6.07) is 11.5. The fraction of sp³-hybridized carbons (Fsp3) is 0.409. The normalized spacial score (nSPS) is 25.4. The van der Waals surface area contributed by atoms with Crippen LogP contribution in [0, 0.1) is 5.82 Å². The molecule has 0 aromatic heterocycles. The Morgan fingerprint density at radius 3 is 2.45 bits per heavy atom. The van der Waals surface area contributed by atoms with Gasteiger partial charge in [-0.15, -0.1) is 0 Å². The third-order valence-electron chi connectivity index (χ3n) is 5.63. The first-order valence-electron chi connectivity index (χ1n) is 9.90. The van der Waals surface area contributed by atoms with E-state index in [1.807, 2.05) is 30.3 Å². The zero-order valence-electron chi connectivity index (χ0n) is 16.5. The average Bonchev–Trinajstić information content (AvgIpc) is 2.71. The molecule has 4 rings (SSSR count). The second-order valence-corrected chi connectivity index (χ2v) is 7.72. The summed E-state index contributed by atoms with van der Waals surface area (Å²) in [4.78, 5) is 14.3. The summed E-state index contributed by atoms with van der Waals surface area (Å²) in [5.41, 5.74) is -1.30. The summed E-state index contributed by atoms with van der Waals surface area (Å²) < 4.78 is 55.7. The number of halogens is 3. The molecule has 0 spiro atoms. The summed E-state index contributed by atoms with van der Waals surface area (Å²) in [5, 5.41) is 11.3. The van der Waals surface area contributed by atoms with Crippen molar-refractivity contribution in [3.63, 3.8) is 0 Å². The van der Waals surface area contributed by atoms with Crippen molar-refractivity contribution in [3.8, 4) is 5.75 Å². The fourth-order valence-electron chi connectivity index (χ4n) is 4.42. The maximum atomic E-state index is 14.6. The molecule has 2 aliphatic rings. The minimum Gasteiger partial charge on any atom is -0.445 e. The Morgan fingerprint density at radius 1 is 1.13 bits per heavy atom. The number of piperidine rings is 1. The Labute approximate surface area is 177 Å². The van der Waals surface area contributed by atoms with Crippen LogP contribution in [-0.2, 0) is 21.7 Å². The van der Waals surface area contributed by atoms with E-state index in [1.54, 1.807) is 0 Å². The zero-order valence-corrected chi connectivity index (χ0v) is 16.5. The predicted molar refractivity (Wildman–Crippen MR) is 103 cm³/mol. The number of alkyl halides is 2. The first-order chi connectivity index (χ1) is 14.9. The van der Waals surface area contributed by atoms with E-state index in [0.717, 1.165) is 11.6 Å². The van der Waals surface area contributed by atoms with Crippen LogP contribution in [0.3, 0.4) is 0 Å². The summed E-state index contributed by atoms with van der Waals surface area (Å²) >= 11 is 0. The highest BCUT2D eigenvalue weighted by atomic mass is 19.3. The number of amides is 1. The van der Waals surface area contributed by atoms with Gasteiger partial charge in [0.05, 0.1) is 30.9 Å². The first-order valence-corrected chi connectivity index (χ1v) is 9.90. The van der Waals surface area contributed by atoms with Gasteiger partial charge in [0, 0.05) is 12.8 Å². The van der Waals surface area contributed by atoms with Crippen molar-refractivity contribution in [2.24, 2.45) is 0 Å². The molecule has 2 heterocycles. The highest BCUT2D eigenvalue weighted by Gasteiger charge is 2.51. The molecule has 2 fully saturated rings. The van der Waals surface area contributed by atoms with Crippen molar-refractivity contribution in [1.82, 2.24) is 4.90 Å². The molecule has 9 heteroatoms. The standard InChI is InChI=1S/C22H22F3NO5/c23-17-7-4-8-18(31-20(24)25)19(17)22(28)9-15-12-29-13-16(10-22)26(15)21(27)30-11-14-5-2-1-3-6-14/h1-8,15-16,20,28H,9-13H2. The molecule has 1 amide bonds. The molecular formula is C22H22F3NO5. The Kier molecular flexibility index (Phi) is 6.06. The lowest BCUT2D eigenvalue weighted by Crippen LogP contribution is -2.62. The highest BCUT2D eigenvalue weighted by Crippen LogP contribution is 2.45. The SMILES string of the molecule is O=C(OCc1ccccc1)N1C2COCC1CC(O)(c1c(F)cccc1OC(F)F)C2. The Hall–Kier alpha value is -2.78. The minimum atomic E-state index is -3.17. The monoisotopic (exact) mass is 437 g/mol. The van der Waals surface area contributed by atoms with Crippen LogP contribution < -0.4 is 4.74 Å². The predicted octanol–water partition coefficient (Wildman–Crippen LogP) is 3.81. The number of carbonyl (C=O) groups excluding carboxylic acids is 1. The van der Waals surface area contributed by atoms with Gasteiger partial charge in [-0.3, -0.25) is 4.90 Å². The van der Waals surface area contributed by atoms with Gasteiger partial charge in [0.25, 0.3) is 0 Å². The number of carbonyl (C=O) groups is 1. The van der Waals surface area contributed by atoms with Gasteiger partial charge < -0.3 is 19.3 Å². The lowest BCUT2D eigenvalue weighted by atomic mass is 9.76. The van der Waals surface area contributed by atoms with E-state index in [0.29, 0.717) is 0 Å². The summed E-state index contributed by atoms with van der Waals surface area (Å²) in [6.45, 7) is -2.86. The van der Waals surface area contributed by atoms with Gasteiger partial charge in [-0.25, -0.2) is 9.18 Å². The molecule has 2 saturated heterocycles. The van der Waals surface area contributed by atoms with Crippen molar-refractivity contribution in [1.29, 1.82) is 0 Å². The van der Waals surface area contributed by atoms with Crippen LogP contribution in [0.5, 0.6) is 5.75 Å². The number of aliphatic hydroxyl groups is 1. The number of fused-ring (bicyclic) bond motifs is 2. The van der Waals surface area contributed by atoms with Crippen LogP contribution in [0.25, 0.3) is 0 Å². The van der Waals surface area contributed by atoms with E-state index in [-0.39, 0.29) is 38.2 Å². The first kappa shape index (κ1) is 21.5. The molecule has 2 atom stereocenters. The lowest BCUT2D eigenvalue weighted by Gasteiger charge is -2.51. The van der Waals surface area contributed by atoms with Crippen LogP contribution in [0.1, 0.15) is 24.0 Å². The van der Waals surface area contributed by atoms with Crippen molar-refractivity contribution in [2.75, 3.05) is 13.2 Å². The molecule has 2 bridgehead atoms. The molecule has 2 aromatic carbocycles. The highest BCUT2D eigenvalue weighted by molar-refractivity contribution is 5.69. The molecule has 2 aliphatic heterocycles. The van der Waals surface area contributed by atoms with Crippen molar-refractivity contribution in [3.05, 3.63) is 65.5 Å². The molecule has 0 radical (unpaired) electrons. The zero-order chi connectivity index (χ0) is 22.0. The largest absolute Gasteiger partial charge is 0.445 e. The fourth-order valence-corrected chi connectivity index (χ4v) is 4.42. The van der Waals surface area contributed by atoms with Crippen molar-refractivity contribution < 1.29 is 37.3 Å². The van der Waals surface area contributed by atoms with Gasteiger partial charge in [0.15, 0.2) is 0 Å². The third-order valence-corrected chi connectivity index (χ3v) is 5.63. The van der Waals surface area contributed by atoms with Gasteiger partial charge in [-0.1, -0.05) is 36.4 Å².